The minimum Gasteiger partial charge on any atom is -0.496 e. The highest BCUT2D eigenvalue weighted by molar-refractivity contribution is 5.76. The number of ether oxygens (including phenoxy) is 2. The van der Waals surface area contributed by atoms with Crippen molar-refractivity contribution in [1.29, 1.82) is 0 Å². The normalized spacial score (nSPS) is 18.6. The number of carbonyl (C=O) groups excluding carboxylic acids is 1. The second-order valence-corrected chi connectivity index (χ2v) is 4.44. The summed E-state index contributed by atoms with van der Waals surface area (Å²) in [6, 6.07) is 7.98. The van der Waals surface area contributed by atoms with E-state index in [1.807, 2.05) is 24.3 Å². The van der Waals surface area contributed by atoms with Gasteiger partial charge in [-0.05, 0) is 24.5 Å². The first-order chi connectivity index (χ1) is 8.79. The Kier molecular flexibility index (Phi) is 4.59. The highest BCUT2D eigenvalue weighted by atomic mass is 16.5. The van der Waals surface area contributed by atoms with Crippen LogP contribution in [0, 0.1) is 0 Å². The average Bonchev–Trinajstić information content (AvgIpc) is 2.89. The molecule has 0 aliphatic carbocycles. The van der Waals surface area contributed by atoms with Crippen molar-refractivity contribution in [2.45, 2.75) is 25.3 Å². The van der Waals surface area contributed by atoms with Crippen LogP contribution in [0.1, 0.15) is 18.4 Å². The fourth-order valence-electron chi connectivity index (χ4n) is 2.11. The molecule has 1 saturated heterocycles. The molecule has 4 heteroatoms. The Labute approximate surface area is 107 Å². The summed E-state index contributed by atoms with van der Waals surface area (Å²) in [6.07, 6.45) is 2.10. The molecule has 1 heterocycles. The summed E-state index contributed by atoms with van der Waals surface area (Å²) in [7, 11) is 1.65. The highest BCUT2D eigenvalue weighted by Gasteiger charge is 2.17. The summed E-state index contributed by atoms with van der Waals surface area (Å²) in [5.41, 5.74) is 1.07. The molecular weight excluding hydrogens is 230 g/mol. The van der Waals surface area contributed by atoms with Crippen molar-refractivity contribution in [1.82, 2.24) is 5.32 Å². The molecule has 0 saturated carbocycles. The van der Waals surface area contributed by atoms with Crippen molar-refractivity contribution >= 4 is 5.91 Å². The summed E-state index contributed by atoms with van der Waals surface area (Å²) in [5, 5.41) is 2.98. The Bertz CT molecular complexity index is 400. The van der Waals surface area contributed by atoms with Gasteiger partial charge in [0.25, 0.3) is 0 Å². The van der Waals surface area contributed by atoms with Gasteiger partial charge in [0.15, 0.2) is 0 Å². The van der Waals surface area contributed by atoms with Crippen LogP contribution in [0.3, 0.4) is 0 Å². The highest BCUT2D eigenvalue weighted by Crippen LogP contribution is 2.18. The lowest BCUT2D eigenvalue weighted by Gasteiger charge is -2.11. The lowest BCUT2D eigenvalue weighted by atomic mass is 10.1. The van der Waals surface area contributed by atoms with Gasteiger partial charge in [0.2, 0.25) is 5.91 Å². The molecule has 18 heavy (non-hydrogen) atoms. The second kappa shape index (κ2) is 6.40. The van der Waals surface area contributed by atoms with Crippen molar-refractivity contribution in [3.05, 3.63) is 29.8 Å². The van der Waals surface area contributed by atoms with Crippen LogP contribution in [0.4, 0.5) is 0 Å². The molecule has 4 nitrogen and oxygen atoms in total. The number of hydrogen-bond donors (Lipinski definition) is 1. The topological polar surface area (TPSA) is 47.6 Å². The molecule has 1 aromatic rings. The third-order valence-electron chi connectivity index (χ3n) is 3.11. The average molecular weight is 249 g/mol. The molecule has 1 aromatic carbocycles. The van der Waals surface area contributed by atoms with E-state index < -0.39 is 0 Å². The van der Waals surface area contributed by atoms with Crippen LogP contribution >= 0.6 is 0 Å². The van der Waals surface area contributed by atoms with E-state index in [2.05, 4.69) is 5.32 Å². The third kappa shape index (κ3) is 3.47. The molecule has 1 atom stereocenters. The van der Waals surface area contributed by atoms with Crippen LogP contribution < -0.4 is 10.1 Å². The van der Waals surface area contributed by atoms with E-state index in [1.54, 1.807) is 7.11 Å². The van der Waals surface area contributed by atoms with Gasteiger partial charge in [-0.15, -0.1) is 0 Å². The predicted octanol–water partition coefficient (Wildman–Crippen LogP) is 1.53. The van der Waals surface area contributed by atoms with Gasteiger partial charge in [0.1, 0.15) is 5.75 Å². The zero-order chi connectivity index (χ0) is 12.8. The Balaban J connectivity index is 1.81. The van der Waals surface area contributed by atoms with Crippen LogP contribution in [0.2, 0.25) is 0 Å². The molecule has 1 N–H and O–H groups in total. The molecular formula is C14H19NO3. The smallest absolute Gasteiger partial charge is 0.220 e. The first-order valence-corrected chi connectivity index (χ1v) is 6.28. The Morgan fingerprint density at radius 3 is 3.06 bits per heavy atom. The van der Waals surface area contributed by atoms with Gasteiger partial charge < -0.3 is 14.8 Å². The number of aryl methyl sites for hydroxylation is 1. The number of nitrogens with one attached hydrogen (secondary N) is 1. The number of methoxy groups -OCH3 is 1. The van der Waals surface area contributed by atoms with E-state index >= 15 is 0 Å². The van der Waals surface area contributed by atoms with E-state index in [0.717, 1.165) is 24.3 Å². The maximum absolute atomic E-state index is 11.8. The lowest BCUT2D eigenvalue weighted by Crippen LogP contribution is -2.35. The summed E-state index contributed by atoms with van der Waals surface area (Å²) in [6.45, 7) is 1.39. The van der Waals surface area contributed by atoms with Crippen molar-refractivity contribution in [3.63, 3.8) is 0 Å². The molecule has 0 spiro atoms. The van der Waals surface area contributed by atoms with Crippen molar-refractivity contribution < 1.29 is 14.3 Å². The molecule has 0 bridgehead atoms. The molecule has 0 radical (unpaired) electrons. The SMILES string of the molecule is COc1ccccc1CCC(=O)N[C@H]1CCOC1. The van der Waals surface area contributed by atoms with E-state index in [0.29, 0.717) is 19.4 Å². The van der Waals surface area contributed by atoms with Crippen molar-refractivity contribution in [3.8, 4) is 5.75 Å². The Morgan fingerprint density at radius 1 is 1.50 bits per heavy atom. The van der Waals surface area contributed by atoms with Crippen molar-refractivity contribution in [2.75, 3.05) is 20.3 Å². The molecule has 98 valence electrons. The zero-order valence-corrected chi connectivity index (χ0v) is 10.6. The predicted molar refractivity (Wildman–Crippen MR) is 68.7 cm³/mol. The number of para-hydroxylation sites is 1. The van der Waals surface area contributed by atoms with Crippen LogP contribution in [-0.2, 0) is 16.0 Å². The van der Waals surface area contributed by atoms with E-state index in [1.165, 1.54) is 0 Å². The minimum atomic E-state index is 0.0800. The second-order valence-electron chi connectivity index (χ2n) is 4.44. The molecule has 0 aromatic heterocycles. The lowest BCUT2D eigenvalue weighted by molar-refractivity contribution is -0.121. The van der Waals surface area contributed by atoms with E-state index in [4.69, 9.17) is 9.47 Å². The van der Waals surface area contributed by atoms with E-state index in [-0.39, 0.29) is 11.9 Å². The van der Waals surface area contributed by atoms with Crippen LogP contribution in [-0.4, -0.2) is 32.3 Å². The maximum Gasteiger partial charge on any atom is 0.220 e. The van der Waals surface area contributed by atoms with Gasteiger partial charge in [-0.3, -0.25) is 4.79 Å². The molecule has 1 fully saturated rings. The molecule has 1 aliphatic heterocycles. The molecule has 2 rings (SSSR count). The van der Waals surface area contributed by atoms with Gasteiger partial charge in [-0.1, -0.05) is 18.2 Å². The first-order valence-electron chi connectivity index (χ1n) is 6.28. The summed E-state index contributed by atoms with van der Waals surface area (Å²) >= 11 is 0. The summed E-state index contributed by atoms with van der Waals surface area (Å²) < 4.78 is 10.5. The summed E-state index contributed by atoms with van der Waals surface area (Å²) in [5.74, 6) is 0.922. The quantitative estimate of drug-likeness (QED) is 0.861. The van der Waals surface area contributed by atoms with Crippen LogP contribution in [0.5, 0.6) is 5.75 Å². The van der Waals surface area contributed by atoms with Gasteiger partial charge in [0.05, 0.1) is 19.8 Å². The number of amides is 1. The summed E-state index contributed by atoms with van der Waals surface area (Å²) in [4.78, 5) is 11.8. The third-order valence-corrected chi connectivity index (χ3v) is 3.11. The zero-order valence-electron chi connectivity index (χ0n) is 10.6. The number of hydrogen-bond acceptors (Lipinski definition) is 3. The fraction of sp³-hybridized carbons (Fsp3) is 0.500. The number of rotatable bonds is 5. The Hall–Kier alpha value is -1.55. The molecule has 1 amide bonds. The van der Waals surface area contributed by atoms with Crippen molar-refractivity contribution in [2.24, 2.45) is 0 Å². The van der Waals surface area contributed by atoms with Gasteiger partial charge in [-0.25, -0.2) is 0 Å². The van der Waals surface area contributed by atoms with Crippen LogP contribution in [0.25, 0.3) is 0 Å². The standard InChI is InChI=1S/C14H19NO3/c1-17-13-5-3-2-4-11(13)6-7-14(16)15-12-8-9-18-10-12/h2-5,12H,6-10H2,1H3,(H,15,16)/t12-/m0/s1. The van der Waals surface area contributed by atoms with Gasteiger partial charge in [-0.2, -0.15) is 0 Å². The Morgan fingerprint density at radius 2 is 2.33 bits per heavy atom. The number of benzene rings is 1. The number of carbonyl (C=O) groups is 1. The molecule has 0 unspecified atom stereocenters. The maximum atomic E-state index is 11.8. The fourth-order valence-corrected chi connectivity index (χ4v) is 2.11. The monoisotopic (exact) mass is 249 g/mol. The minimum absolute atomic E-state index is 0.0800. The first kappa shape index (κ1) is 12.9. The molecule has 1 aliphatic rings. The van der Waals surface area contributed by atoms with E-state index in [9.17, 15) is 4.79 Å². The van der Waals surface area contributed by atoms with Gasteiger partial charge in [0, 0.05) is 13.0 Å². The van der Waals surface area contributed by atoms with Crippen LogP contribution in [0.15, 0.2) is 24.3 Å². The largest absolute Gasteiger partial charge is 0.496 e. The van der Waals surface area contributed by atoms with Gasteiger partial charge >= 0.3 is 0 Å².